The lowest BCUT2D eigenvalue weighted by Gasteiger charge is -2.59. The van der Waals surface area contributed by atoms with Crippen molar-refractivity contribution in [3.05, 3.63) is 59.2 Å². The molecule has 1 unspecified atom stereocenters. The van der Waals surface area contributed by atoms with Gasteiger partial charge in [-0.1, -0.05) is 65.7 Å². The van der Waals surface area contributed by atoms with Crippen molar-refractivity contribution < 1.29 is 62.1 Å². The first kappa shape index (κ1) is 49.7. The fourth-order valence-electron chi connectivity index (χ4n) is 13.5. The lowest BCUT2D eigenvalue weighted by molar-refractivity contribution is -0.204. The van der Waals surface area contributed by atoms with Crippen molar-refractivity contribution in [2.75, 3.05) is 18.5 Å². The van der Waals surface area contributed by atoms with E-state index in [4.69, 9.17) is 18.7 Å². The Hall–Kier alpha value is -3.70. The van der Waals surface area contributed by atoms with E-state index >= 15 is 0 Å². The number of hydrogen-bond donors (Lipinski definition) is 4. The zero-order chi connectivity index (χ0) is 48.3. The third kappa shape index (κ3) is 9.77. The third-order valence-corrected chi connectivity index (χ3v) is 17.0. The summed E-state index contributed by atoms with van der Waals surface area (Å²) >= 11 is 3.04. The number of halogens is 1. The number of ketones is 2. The highest BCUT2D eigenvalue weighted by Gasteiger charge is 2.76. The molecule has 67 heavy (non-hydrogen) atoms. The molecule has 11 atom stereocenters. The van der Waals surface area contributed by atoms with Crippen LogP contribution in [0.3, 0.4) is 0 Å². The SMILES string of the molecule is CC(C)(C)OC(=O)CC[C@H](NC(=O)CNC(=O)CBr)C(=O)NC1CC2(CC(Cc3ccc([C@@H]4O[C@@H]5C[C@H]6[C@@H]7CCC8=CC(=O)C=C[C@]8(C)[C@H]7[C@@H](O)C[C@]6(C)[C@]5(C(=O)CO[P+](=O)[O-])O4)cc3)C2)C1. The largest absolute Gasteiger partial charge is 0.566 e. The number of hydrogen-bond acceptors (Lipinski definition) is 13. The van der Waals surface area contributed by atoms with Crippen molar-refractivity contribution in [2.24, 2.45) is 39.9 Å². The summed E-state index contributed by atoms with van der Waals surface area (Å²) in [5.74, 6) is -2.16. The number of allylic oxidation sites excluding steroid dienone is 4. The van der Waals surface area contributed by atoms with Crippen LogP contribution in [0.4, 0.5) is 0 Å². The van der Waals surface area contributed by atoms with Gasteiger partial charge < -0.3 is 40.2 Å². The molecule has 4 N–H and O–H groups in total. The molecule has 3 amide bonds. The number of Topliss-reactive ketones (excluding diaryl/α,β-unsaturated/α-hetero) is 1. The maximum absolute atomic E-state index is 14.4. The molecule has 1 aromatic rings. The van der Waals surface area contributed by atoms with Gasteiger partial charge in [0.1, 0.15) is 11.6 Å². The molecule has 1 heterocycles. The van der Waals surface area contributed by atoms with Gasteiger partial charge in [0, 0.05) is 34.8 Å². The summed E-state index contributed by atoms with van der Waals surface area (Å²) in [4.78, 5) is 88.4. The average Bonchev–Trinajstić information content (AvgIpc) is 3.74. The van der Waals surface area contributed by atoms with Gasteiger partial charge in [0.25, 0.3) is 0 Å². The smallest absolute Gasteiger partial charge is 0.488 e. The Labute approximate surface area is 400 Å². The average molecular weight is 1010 g/mol. The van der Waals surface area contributed by atoms with Gasteiger partial charge in [0.05, 0.1) is 24.1 Å². The molecule has 7 aliphatic rings. The second kappa shape index (κ2) is 18.9. The predicted octanol–water partition coefficient (Wildman–Crippen LogP) is 4.67. The highest BCUT2D eigenvalue weighted by molar-refractivity contribution is 9.09. The highest BCUT2D eigenvalue weighted by Crippen LogP contribution is 2.70. The van der Waals surface area contributed by atoms with Gasteiger partial charge >= 0.3 is 14.2 Å². The van der Waals surface area contributed by atoms with Gasteiger partial charge in [0.15, 0.2) is 30.1 Å². The Morgan fingerprint density at radius 1 is 1.04 bits per heavy atom. The fourth-order valence-corrected chi connectivity index (χ4v) is 13.9. The molecule has 0 radical (unpaired) electrons. The van der Waals surface area contributed by atoms with Gasteiger partial charge in [-0.25, -0.2) is 0 Å². The molecule has 0 aromatic heterocycles. The van der Waals surface area contributed by atoms with Crippen LogP contribution in [0, 0.1) is 39.9 Å². The quantitative estimate of drug-likeness (QED) is 0.100. The summed E-state index contributed by atoms with van der Waals surface area (Å²) in [5.41, 5.74) is -0.653. The molecule has 1 saturated heterocycles. The van der Waals surface area contributed by atoms with E-state index in [2.05, 4.69) is 38.8 Å². The molecular formula is C49H63BrN3O13P. The first-order valence-electron chi connectivity index (χ1n) is 23.6. The van der Waals surface area contributed by atoms with E-state index in [1.807, 2.05) is 37.3 Å². The maximum Gasteiger partial charge on any atom is 0.488 e. The monoisotopic (exact) mass is 1010 g/mol. The number of aliphatic hydroxyl groups is 1. The predicted molar refractivity (Wildman–Crippen MR) is 244 cm³/mol. The molecule has 0 bridgehead atoms. The normalized spacial score (nSPS) is 36.4. The lowest BCUT2D eigenvalue weighted by atomic mass is 9.46. The minimum Gasteiger partial charge on any atom is -0.566 e. The lowest BCUT2D eigenvalue weighted by Crippen LogP contribution is -2.63. The second-order valence-corrected chi connectivity index (χ2v) is 22.9. The van der Waals surface area contributed by atoms with Crippen LogP contribution >= 0.6 is 24.2 Å². The highest BCUT2D eigenvalue weighted by atomic mass is 79.9. The van der Waals surface area contributed by atoms with Crippen molar-refractivity contribution in [2.45, 2.75) is 147 Å². The number of esters is 1. The Kier molecular flexibility index (Phi) is 14.0. The number of rotatable bonds is 16. The van der Waals surface area contributed by atoms with Gasteiger partial charge in [-0.15, -0.1) is 4.52 Å². The number of aliphatic hydroxyl groups excluding tert-OH is 1. The number of nitrogens with one attached hydrogen (secondary N) is 3. The van der Waals surface area contributed by atoms with Gasteiger partial charge in [-0.3, -0.25) is 28.8 Å². The van der Waals surface area contributed by atoms with Gasteiger partial charge in [0.2, 0.25) is 17.7 Å². The van der Waals surface area contributed by atoms with E-state index < -0.39 is 79.1 Å². The van der Waals surface area contributed by atoms with Crippen LogP contribution < -0.4 is 20.8 Å². The van der Waals surface area contributed by atoms with Crippen molar-refractivity contribution in [3.63, 3.8) is 0 Å². The molecule has 5 saturated carbocycles. The maximum atomic E-state index is 14.4. The van der Waals surface area contributed by atoms with E-state index in [9.17, 15) is 43.3 Å². The van der Waals surface area contributed by atoms with Crippen molar-refractivity contribution in [1.82, 2.24) is 16.0 Å². The zero-order valence-corrected chi connectivity index (χ0v) is 41.3. The molecule has 364 valence electrons. The Bertz CT molecular complexity index is 2230. The summed E-state index contributed by atoms with van der Waals surface area (Å²) < 4.78 is 35.3. The minimum atomic E-state index is -3.29. The molecule has 16 nitrogen and oxygen atoms in total. The summed E-state index contributed by atoms with van der Waals surface area (Å²) in [6.07, 6.45) is 9.40. The van der Waals surface area contributed by atoms with Crippen LogP contribution in [-0.2, 0) is 58.5 Å². The standard InChI is InChI=1S/C49H63BrN3O13P/c1-45(2,3)65-41(59)13-12-35(53-40(58)25-51-39(57)24-50)43(60)52-31-21-48(22-31)19-28(20-48)16-27-6-8-29(9-7-27)44-64-38-18-34-33-11-10-30-17-32(54)14-15-46(30,4)42(33)36(55)23-47(34,5)49(38,66-44)37(56)26-63-67(61)62/h6-9,14-15,17,28,31,33-36,38,42,44,55H,10-13,16,18-26H2,1-5H3,(H,51,57)(H,52,60)(H,53,58)/t28?,31?,33-,34-,35-,36-,38+,42+,44+,46-,47-,48?,49+/m0/s1. The van der Waals surface area contributed by atoms with Gasteiger partial charge in [-0.05, 0) is 130 Å². The zero-order valence-electron chi connectivity index (χ0n) is 38.8. The first-order valence-corrected chi connectivity index (χ1v) is 25.8. The van der Waals surface area contributed by atoms with Gasteiger partial charge in [-0.2, -0.15) is 0 Å². The molecule has 1 aliphatic heterocycles. The molecule has 1 spiro atoms. The van der Waals surface area contributed by atoms with E-state index in [0.29, 0.717) is 18.8 Å². The third-order valence-electron chi connectivity index (χ3n) is 16.2. The molecular weight excluding hydrogens is 949 g/mol. The molecule has 18 heteroatoms. The Balaban J connectivity index is 0.867. The fraction of sp³-hybridized carbons (Fsp3) is 0.673. The number of benzene rings is 1. The van der Waals surface area contributed by atoms with Crippen LogP contribution in [0.15, 0.2) is 48.1 Å². The molecule has 8 rings (SSSR count). The molecule has 1 aromatic carbocycles. The number of amides is 3. The van der Waals surface area contributed by atoms with Crippen LogP contribution in [0.25, 0.3) is 0 Å². The summed E-state index contributed by atoms with van der Waals surface area (Å²) in [7, 11) is -3.29. The molecule has 6 aliphatic carbocycles. The first-order chi connectivity index (χ1) is 31.6. The number of fused-ring (bicyclic) bond motifs is 7. The Morgan fingerprint density at radius 2 is 1.76 bits per heavy atom. The van der Waals surface area contributed by atoms with Crippen LogP contribution in [0.1, 0.15) is 116 Å². The molecule has 6 fully saturated rings. The number of ether oxygens (including phenoxy) is 3. The Morgan fingerprint density at radius 3 is 2.43 bits per heavy atom. The second-order valence-electron chi connectivity index (χ2n) is 21.7. The number of carbonyl (C=O) groups excluding carboxylic acids is 6. The van der Waals surface area contributed by atoms with Crippen molar-refractivity contribution in [1.29, 1.82) is 0 Å². The van der Waals surface area contributed by atoms with Crippen molar-refractivity contribution in [3.8, 4) is 0 Å². The van der Waals surface area contributed by atoms with E-state index in [1.54, 1.807) is 32.9 Å². The van der Waals surface area contributed by atoms with Crippen LogP contribution in [-0.4, -0.2) is 94.3 Å². The van der Waals surface area contributed by atoms with E-state index in [0.717, 1.165) is 55.2 Å². The summed E-state index contributed by atoms with van der Waals surface area (Å²) in [6, 6.07) is 6.92. The summed E-state index contributed by atoms with van der Waals surface area (Å²) in [6.45, 7) is 8.32. The summed E-state index contributed by atoms with van der Waals surface area (Å²) in [5, 5.41) is 20.3. The van der Waals surface area contributed by atoms with E-state index in [1.165, 1.54) is 0 Å². The minimum absolute atomic E-state index is 0.00153. The topological polar surface area (TPSA) is 236 Å². The van der Waals surface area contributed by atoms with Crippen LogP contribution in [0.2, 0.25) is 0 Å². The van der Waals surface area contributed by atoms with Crippen LogP contribution in [0.5, 0.6) is 0 Å². The van der Waals surface area contributed by atoms with E-state index in [-0.39, 0.29) is 77.9 Å². The number of alkyl halides is 1. The van der Waals surface area contributed by atoms with Crippen molar-refractivity contribution >= 4 is 59.4 Å². The number of carbonyl (C=O) groups is 6.